The van der Waals surface area contributed by atoms with Crippen LogP contribution in [0.5, 0.6) is 0 Å². The lowest BCUT2D eigenvalue weighted by molar-refractivity contribution is 0.482. The highest BCUT2D eigenvalue weighted by Gasteiger charge is 2.25. The highest BCUT2D eigenvalue weighted by atomic mass is 32.2. The van der Waals surface area contributed by atoms with Crippen molar-refractivity contribution in [3.8, 4) is 0 Å². The van der Waals surface area contributed by atoms with Gasteiger partial charge in [0.1, 0.15) is 0 Å². The first-order valence-corrected chi connectivity index (χ1v) is 9.08. The Morgan fingerprint density at radius 2 is 2.00 bits per heavy atom. The quantitative estimate of drug-likeness (QED) is 0.813. The number of hydrogen-bond donors (Lipinski definition) is 2. The van der Waals surface area contributed by atoms with Gasteiger partial charge in [-0.2, -0.15) is 12.7 Å². The van der Waals surface area contributed by atoms with E-state index in [0.29, 0.717) is 18.8 Å². The number of nitrogens with zero attached hydrogens (tertiary/aromatic N) is 1. The molecule has 1 saturated heterocycles. The summed E-state index contributed by atoms with van der Waals surface area (Å²) in [4.78, 5) is 0. The van der Waals surface area contributed by atoms with Gasteiger partial charge in [-0.05, 0) is 50.4 Å². The monoisotopic (exact) mass is 311 g/mol. The van der Waals surface area contributed by atoms with Gasteiger partial charge in [-0.15, -0.1) is 0 Å². The average Bonchev–Trinajstić information content (AvgIpc) is 2.99. The van der Waals surface area contributed by atoms with E-state index in [1.807, 2.05) is 18.2 Å². The first-order valence-electron chi connectivity index (χ1n) is 7.64. The van der Waals surface area contributed by atoms with E-state index in [2.05, 4.69) is 23.9 Å². The van der Waals surface area contributed by atoms with E-state index in [1.54, 1.807) is 6.07 Å². The van der Waals surface area contributed by atoms with E-state index >= 15 is 0 Å². The van der Waals surface area contributed by atoms with Crippen LogP contribution in [0.1, 0.15) is 44.7 Å². The molecule has 1 unspecified atom stereocenters. The molecule has 0 spiro atoms. The van der Waals surface area contributed by atoms with E-state index in [4.69, 9.17) is 0 Å². The molecular formula is C15H25N3O2S. The Kier molecular flexibility index (Phi) is 5.61. The van der Waals surface area contributed by atoms with Crippen molar-refractivity contribution in [1.29, 1.82) is 0 Å². The van der Waals surface area contributed by atoms with Gasteiger partial charge >= 0.3 is 10.2 Å². The lowest BCUT2D eigenvalue weighted by Gasteiger charge is -2.18. The van der Waals surface area contributed by atoms with Crippen LogP contribution in [0.2, 0.25) is 0 Å². The minimum atomic E-state index is -3.41. The van der Waals surface area contributed by atoms with Gasteiger partial charge in [0, 0.05) is 19.1 Å². The fourth-order valence-electron chi connectivity index (χ4n) is 2.49. The largest absolute Gasteiger partial charge is 0.310 e. The number of anilines is 1. The third-order valence-corrected chi connectivity index (χ3v) is 5.28. The minimum absolute atomic E-state index is 0.209. The van der Waals surface area contributed by atoms with E-state index in [0.717, 1.165) is 31.4 Å². The molecule has 1 aromatic carbocycles. The molecule has 6 heteroatoms. The van der Waals surface area contributed by atoms with Crippen LogP contribution < -0.4 is 10.0 Å². The lowest BCUT2D eigenvalue weighted by Crippen LogP contribution is -2.33. The predicted molar refractivity (Wildman–Crippen MR) is 86.5 cm³/mol. The van der Waals surface area contributed by atoms with Crippen molar-refractivity contribution in [1.82, 2.24) is 9.62 Å². The van der Waals surface area contributed by atoms with Crippen LogP contribution in [-0.4, -0.2) is 32.4 Å². The molecule has 1 fully saturated rings. The summed E-state index contributed by atoms with van der Waals surface area (Å²) >= 11 is 0. The van der Waals surface area contributed by atoms with E-state index in [9.17, 15) is 8.42 Å². The van der Waals surface area contributed by atoms with Crippen LogP contribution in [-0.2, 0) is 10.2 Å². The molecule has 21 heavy (non-hydrogen) atoms. The maximum atomic E-state index is 12.3. The van der Waals surface area contributed by atoms with Gasteiger partial charge < -0.3 is 5.32 Å². The summed E-state index contributed by atoms with van der Waals surface area (Å²) in [5.41, 5.74) is 1.72. The maximum absolute atomic E-state index is 12.3. The second-order valence-electron chi connectivity index (χ2n) is 5.51. The topological polar surface area (TPSA) is 61.4 Å². The van der Waals surface area contributed by atoms with Gasteiger partial charge in [0.2, 0.25) is 0 Å². The molecule has 0 aliphatic carbocycles. The molecule has 1 atom stereocenters. The van der Waals surface area contributed by atoms with Crippen molar-refractivity contribution < 1.29 is 8.42 Å². The summed E-state index contributed by atoms with van der Waals surface area (Å²) < 4.78 is 28.7. The molecule has 1 aromatic rings. The van der Waals surface area contributed by atoms with Crippen molar-refractivity contribution >= 4 is 15.9 Å². The minimum Gasteiger partial charge on any atom is -0.310 e. The lowest BCUT2D eigenvalue weighted by atomic mass is 10.1. The zero-order chi connectivity index (χ0) is 15.3. The Bertz CT molecular complexity index is 554. The molecule has 118 valence electrons. The molecule has 1 aliphatic rings. The number of nitrogens with one attached hydrogen (secondary N) is 2. The third kappa shape index (κ3) is 4.43. The van der Waals surface area contributed by atoms with Gasteiger partial charge in [-0.3, -0.25) is 4.72 Å². The highest BCUT2D eigenvalue weighted by Crippen LogP contribution is 2.20. The molecule has 1 heterocycles. The molecular weight excluding hydrogens is 286 g/mol. The predicted octanol–water partition coefficient (Wildman–Crippen LogP) is 2.50. The van der Waals surface area contributed by atoms with Gasteiger partial charge in [-0.25, -0.2) is 0 Å². The maximum Gasteiger partial charge on any atom is 0.301 e. The first-order chi connectivity index (χ1) is 10.0. The molecule has 1 aliphatic heterocycles. The number of rotatable bonds is 7. The molecule has 0 saturated carbocycles. The Labute approximate surface area is 127 Å². The summed E-state index contributed by atoms with van der Waals surface area (Å²) in [5.74, 6) is 0. The standard InChI is InChI=1S/C15H25N3O2S/c1-3-9-16-13(2)14-7-6-8-15(12-14)17-21(19,20)18-10-4-5-11-18/h6-8,12-13,16-17H,3-5,9-11H2,1-2H3. The SMILES string of the molecule is CCCNC(C)c1cccc(NS(=O)(=O)N2CCCC2)c1. The normalized spacial score (nSPS) is 17.8. The molecule has 0 amide bonds. The van der Waals surface area contributed by atoms with Crippen molar-refractivity contribution in [2.45, 2.75) is 39.2 Å². The van der Waals surface area contributed by atoms with Crippen molar-refractivity contribution in [3.63, 3.8) is 0 Å². The van der Waals surface area contributed by atoms with E-state index in [-0.39, 0.29) is 6.04 Å². The highest BCUT2D eigenvalue weighted by molar-refractivity contribution is 7.90. The molecule has 2 N–H and O–H groups in total. The fourth-order valence-corrected chi connectivity index (χ4v) is 3.78. The fraction of sp³-hybridized carbons (Fsp3) is 0.600. The Balaban J connectivity index is 2.06. The van der Waals surface area contributed by atoms with Gasteiger partial charge in [-0.1, -0.05) is 19.1 Å². The number of hydrogen-bond acceptors (Lipinski definition) is 3. The Morgan fingerprint density at radius 3 is 2.67 bits per heavy atom. The Morgan fingerprint density at radius 1 is 1.29 bits per heavy atom. The van der Waals surface area contributed by atoms with Gasteiger partial charge in [0.15, 0.2) is 0 Å². The molecule has 0 radical (unpaired) electrons. The summed E-state index contributed by atoms with van der Waals surface area (Å²) in [5, 5.41) is 3.41. The summed E-state index contributed by atoms with van der Waals surface area (Å²) in [7, 11) is -3.41. The van der Waals surface area contributed by atoms with E-state index < -0.39 is 10.2 Å². The summed E-state index contributed by atoms with van der Waals surface area (Å²) in [6.07, 6.45) is 2.96. The van der Waals surface area contributed by atoms with Crippen molar-refractivity contribution in [3.05, 3.63) is 29.8 Å². The second kappa shape index (κ2) is 7.24. The first kappa shape index (κ1) is 16.3. The molecule has 2 rings (SSSR count). The average molecular weight is 311 g/mol. The summed E-state index contributed by atoms with van der Waals surface area (Å²) in [6.45, 7) is 6.39. The van der Waals surface area contributed by atoms with E-state index in [1.165, 1.54) is 4.31 Å². The van der Waals surface area contributed by atoms with Gasteiger partial charge in [0.25, 0.3) is 0 Å². The molecule has 0 bridgehead atoms. The molecule has 5 nitrogen and oxygen atoms in total. The summed E-state index contributed by atoms with van der Waals surface area (Å²) in [6, 6.07) is 7.81. The third-order valence-electron chi connectivity index (χ3n) is 3.74. The van der Waals surface area contributed by atoms with Crippen LogP contribution in [0.3, 0.4) is 0 Å². The number of benzene rings is 1. The van der Waals surface area contributed by atoms with Crippen LogP contribution in [0.25, 0.3) is 0 Å². The smallest absolute Gasteiger partial charge is 0.301 e. The second-order valence-corrected chi connectivity index (χ2v) is 7.19. The zero-order valence-corrected chi connectivity index (χ0v) is 13.6. The van der Waals surface area contributed by atoms with Crippen LogP contribution in [0.4, 0.5) is 5.69 Å². The van der Waals surface area contributed by atoms with Crippen LogP contribution >= 0.6 is 0 Å². The van der Waals surface area contributed by atoms with Crippen molar-refractivity contribution in [2.24, 2.45) is 0 Å². The van der Waals surface area contributed by atoms with Crippen molar-refractivity contribution in [2.75, 3.05) is 24.4 Å². The van der Waals surface area contributed by atoms with Crippen LogP contribution in [0, 0.1) is 0 Å². The zero-order valence-electron chi connectivity index (χ0n) is 12.8. The van der Waals surface area contributed by atoms with Gasteiger partial charge in [0.05, 0.1) is 5.69 Å². The Hall–Kier alpha value is -1.11. The molecule has 0 aromatic heterocycles. The van der Waals surface area contributed by atoms with Crippen LogP contribution in [0.15, 0.2) is 24.3 Å².